The summed E-state index contributed by atoms with van der Waals surface area (Å²) in [6.45, 7) is 13.7. The smallest absolute Gasteiger partial charge is 0.0626 e. The fraction of sp³-hybridized carbons (Fsp3) is 0.895. The first-order valence-electron chi connectivity index (χ1n) is 8.76. The van der Waals surface area contributed by atoms with E-state index in [2.05, 4.69) is 34.3 Å². The molecule has 20 heavy (non-hydrogen) atoms. The van der Waals surface area contributed by atoms with Crippen molar-refractivity contribution in [1.29, 1.82) is 0 Å². The standard InChI is InChI=1S/C19H38O/c1-6-8-9-10-11-12-13-14-16-19(4,5)20-17-15-18(3)7-2/h6,18H,1,7-17H2,2-5H3/t18-/m0/s1. The predicted molar refractivity (Wildman–Crippen MR) is 91.2 cm³/mol. The third kappa shape index (κ3) is 12.7. The Hall–Kier alpha value is -0.300. The van der Waals surface area contributed by atoms with Crippen molar-refractivity contribution in [1.82, 2.24) is 0 Å². The molecule has 0 saturated carbocycles. The topological polar surface area (TPSA) is 9.23 Å². The molecule has 0 rings (SSSR count). The van der Waals surface area contributed by atoms with Gasteiger partial charge in [0.2, 0.25) is 0 Å². The number of unbranched alkanes of at least 4 members (excludes halogenated alkanes) is 6. The lowest BCUT2D eigenvalue weighted by atomic mass is 9.99. The molecule has 0 radical (unpaired) electrons. The van der Waals surface area contributed by atoms with Gasteiger partial charge in [0.15, 0.2) is 0 Å². The maximum absolute atomic E-state index is 6.05. The molecule has 0 aromatic carbocycles. The maximum Gasteiger partial charge on any atom is 0.0626 e. The van der Waals surface area contributed by atoms with E-state index >= 15 is 0 Å². The molecule has 0 aliphatic carbocycles. The summed E-state index contributed by atoms with van der Waals surface area (Å²) in [7, 11) is 0. The van der Waals surface area contributed by atoms with E-state index in [1.165, 1.54) is 64.2 Å². The van der Waals surface area contributed by atoms with Gasteiger partial charge in [0, 0.05) is 6.61 Å². The van der Waals surface area contributed by atoms with Crippen molar-refractivity contribution in [2.45, 2.75) is 97.5 Å². The first-order valence-corrected chi connectivity index (χ1v) is 8.76. The van der Waals surface area contributed by atoms with Crippen LogP contribution in [0.2, 0.25) is 0 Å². The molecule has 0 aliphatic rings. The Morgan fingerprint density at radius 2 is 1.65 bits per heavy atom. The second-order valence-corrected chi connectivity index (χ2v) is 6.86. The van der Waals surface area contributed by atoms with E-state index in [1.807, 2.05) is 6.08 Å². The molecule has 1 nitrogen and oxygen atoms in total. The normalized spacial score (nSPS) is 13.4. The second kappa shape index (κ2) is 12.4. The molecule has 0 aromatic rings. The highest BCUT2D eigenvalue weighted by Gasteiger charge is 2.17. The lowest BCUT2D eigenvalue weighted by Gasteiger charge is -2.26. The zero-order valence-corrected chi connectivity index (χ0v) is 14.5. The Morgan fingerprint density at radius 3 is 2.25 bits per heavy atom. The summed E-state index contributed by atoms with van der Waals surface area (Å²) in [4.78, 5) is 0. The molecule has 0 fully saturated rings. The summed E-state index contributed by atoms with van der Waals surface area (Å²) in [5.41, 5.74) is 0.0658. The van der Waals surface area contributed by atoms with Crippen molar-refractivity contribution in [3.63, 3.8) is 0 Å². The summed E-state index contributed by atoms with van der Waals surface area (Å²) in [5, 5.41) is 0. The van der Waals surface area contributed by atoms with E-state index < -0.39 is 0 Å². The van der Waals surface area contributed by atoms with E-state index in [0.29, 0.717) is 0 Å². The maximum atomic E-state index is 6.05. The van der Waals surface area contributed by atoms with E-state index in [4.69, 9.17) is 4.74 Å². The van der Waals surface area contributed by atoms with Crippen LogP contribution in [0.1, 0.15) is 91.9 Å². The highest BCUT2D eigenvalue weighted by Crippen LogP contribution is 2.20. The summed E-state index contributed by atoms with van der Waals surface area (Å²) in [5.74, 6) is 0.793. The molecular weight excluding hydrogens is 244 g/mol. The Kier molecular flexibility index (Phi) is 12.3. The van der Waals surface area contributed by atoms with Crippen LogP contribution in [0.4, 0.5) is 0 Å². The summed E-state index contributed by atoms with van der Waals surface area (Å²) in [6.07, 6.45) is 14.9. The summed E-state index contributed by atoms with van der Waals surface area (Å²) >= 11 is 0. The highest BCUT2D eigenvalue weighted by molar-refractivity contribution is 4.69. The Bertz CT molecular complexity index is 220. The zero-order chi connectivity index (χ0) is 15.3. The van der Waals surface area contributed by atoms with Gasteiger partial charge in [-0.15, -0.1) is 6.58 Å². The van der Waals surface area contributed by atoms with Gasteiger partial charge in [-0.25, -0.2) is 0 Å². The minimum atomic E-state index is 0.0658. The summed E-state index contributed by atoms with van der Waals surface area (Å²) < 4.78 is 6.05. The van der Waals surface area contributed by atoms with Crippen LogP contribution in [0, 0.1) is 5.92 Å². The number of allylic oxidation sites excluding steroid dienone is 1. The van der Waals surface area contributed by atoms with E-state index in [1.54, 1.807) is 0 Å². The van der Waals surface area contributed by atoms with Gasteiger partial charge < -0.3 is 4.74 Å². The van der Waals surface area contributed by atoms with Crippen LogP contribution in [0.15, 0.2) is 12.7 Å². The first-order chi connectivity index (χ1) is 9.52. The monoisotopic (exact) mass is 282 g/mol. The van der Waals surface area contributed by atoms with Crippen LogP contribution in [0.3, 0.4) is 0 Å². The SMILES string of the molecule is C=CCCCCCCCCC(C)(C)OCC[C@@H](C)CC. The molecule has 0 bridgehead atoms. The molecule has 120 valence electrons. The van der Waals surface area contributed by atoms with Crippen molar-refractivity contribution < 1.29 is 4.74 Å². The van der Waals surface area contributed by atoms with E-state index in [0.717, 1.165) is 12.5 Å². The molecule has 0 aromatic heterocycles. The molecule has 0 N–H and O–H groups in total. The van der Waals surface area contributed by atoms with Crippen LogP contribution in [0.25, 0.3) is 0 Å². The fourth-order valence-corrected chi connectivity index (χ4v) is 2.36. The van der Waals surface area contributed by atoms with E-state index in [-0.39, 0.29) is 5.60 Å². The van der Waals surface area contributed by atoms with Gasteiger partial charge in [-0.2, -0.15) is 0 Å². The van der Waals surface area contributed by atoms with Gasteiger partial charge in [-0.1, -0.05) is 58.4 Å². The molecule has 0 unspecified atom stereocenters. The van der Waals surface area contributed by atoms with Crippen LogP contribution in [0.5, 0.6) is 0 Å². The second-order valence-electron chi connectivity index (χ2n) is 6.86. The Balaban J connectivity index is 3.44. The molecule has 0 spiro atoms. The van der Waals surface area contributed by atoms with Crippen LogP contribution in [-0.2, 0) is 4.74 Å². The third-order valence-corrected chi connectivity index (χ3v) is 4.24. The van der Waals surface area contributed by atoms with Crippen molar-refractivity contribution in [2.24, 2.45) is 5.92 Å². The Morgan fingerprint density at radius 1 is 1.05 bits per heavy atom. The molecule has 0 saturated heterocycles. The summed E-state index contributed by atoms with van der Waals surface area (Å²) in [6, 6.07) is 0. The Labute approximate surface area is 128 Å². The number of rotatable bonds is 14. The minimum Gasteiger partial charge on any atom is -0.376 e. The van der Waals surface area contributed by atoms with Crippen LogP contribution < -0.4 is 0 Å². The van der Waals surface area contributed by atoms with Gasteiger partial charge in [-0.05, 0) is 45.4 Å². The van der Waals surface area contributed by atoms with Crippen LogP contribution in [-0.4, -0.2) is 12.2 Å². The average molecular weight is 283 g/mol. The van der Waals surface area contributed by atoms with Crippen molar-refractivity contribution in [3.05, 3.63) is 12.7 Å². The minimum absolute atomic E-state index is 0.0658. The van der Waals surface area contributed by atoms with Gasteiger partial charge >= 0.3 is 0 Å². The molecule has 0 heterocycles. The molecule has 1 heteroatoms. The average Bonchev–Trinajstić information content (AvgIpc) is 2.41. The highest BCUT2D eigenvalue weighted by atomic mass is 16.5. The van der Waals surface area contributed by atoms with E-state index in [9.17, 15) is 0 Å². The number of hydrogen-bond acceptors (Lipinski definition) is 1. The van der Waals surface area contributed by atoms with Crippen molar-refractivity contribution in [3.8, 4) is 0 Å². The predicted octanol–water partition coefficient (Wildman–Crippen LogP) is 6.52. The quantitative estimate of drug-likeness (QED) is 0.260. The zero-order valence-electron chi connectivity index (χ0n) is 14.5. The molecule has 1 atom stereocenters. The van der Waals surface area contributed by atoms with Gasteiger partial charge in [0.25, 0.3) is 0 Å². The molecule has 0 aliphatic heterocycles. The van der Waals surface area contributed by atoms with Crippen molar-refractivity contribution in [2.75, 3.05) is 6.61 Å². The number of ether oxygens (including phenoxy) is 1. The largest absolute Gasteiger partial charge is 0.376 e. The van der Waals surface area contributed by atoms with Crippen LogP contribution >= 0.6 is 0 Å². The lowest BCUT2D eigenvalue weighted by Crippen LogP contribution is -2.25. The van der Waals surface area contributed by atoms with Gasteiger partial charge in [0.05, 0.1) is 5.60 Å². The van der Waals surface area contributed by atoms with Gasteiger partial charge in [0.1, 0.15) is 0 Å². The molecule has 0 amide bonds. The molecular formula is C19H38O. The number of hydrogen-bond donors (Lipinski definition) is 0. The van der Waals surface area contributed by atoms with Crippen molar-refractivity contribution >= 4 is 0 Å². The first kappa shape index (κ1) is 19.7. The van der Waals surface area contributed by atoms with Gasteiger partial charge in [-0.3, -0.25) is 0 Å². The fourth-order valence-electron chi connectivity index (χ4n) is 2.36. The third-order valence-electron chi connectivity index (χ3n) is 4.24. The lowest BCUT2D eigenvalue weighted by molar-refractivity contribution is -0.0299.